The maximum Gasteiger partial charge on any atom is 0.230 e. The normalized spacial score (nSPS) is 10.7. The summed E-state index contributed by atoms with van der Waals surface area (Å²) in [6.45, 7) is 2.00. The molecule has 0 aliphatic carbocycles. The number of aryl methyl sites for hydroxylation is 1. The molecule has 2 aromatic rings. The van der Waals surface area contributed by atoms with Crippen molar-refractivity contribution in [2.75, 3.05) is 5.73 Å². The zero-order valence-electron chi connectivity index (χ0n) is 7.44. The Bertz CT molecular complexity index is 429. The van der Waals surface area contributed by atoms with E-state index in [-0.39, 0.29) is 0 Å². The van der Waals surface area contributed by atoms with Gasteiger partial charge < -0.3 is 5.73 Å². The zero-order valence-corrected chi connectivity index (χ0v) is 9.01. The number of hydrogen-bond acceptors (Lipinski definition) is 5. The lowest BCUT2D eigenvalue weighted by Gasteiger charge is -1.90. The second kappa shape index (κ2) is 3.55. The molecule has 0 bridgehead atoms. The van der Waals surface area contributed by atoms with Crippen molar-refractivity contribution in [3.05, 3.63) is 17.0 Å². The molecule has 5 nitrogen and oxygen atoms in total. The molecule has 0 unspecified atom stereocenters. The highest BCUT2D eigenvalue weighted by atomic mass is 35.5. The molecule has 0 aliphatic heterocycles. The van der Waals surface area contributed by atoms with Gasteiger partial charge in [-0.3, -0.25) is 0 Å². The molecular formula is C7H8ClN5S. The number of nitrogens with two attached hydrogens (primary N) is 1. The first-order valence-electron chi connectivity index (χ1n) is 4.04. The van der Waals surface area contributed by atoms with Gasteiger partial charge in [0.2, 0.25) is 5.13 Å². The average molecular weight is 230 g/mol. The van der Waals surface area contributed by atoms with Crippen LogP contribution in [0.5, 0.6) is 0 Å². The summed E-state index contributed by atoms with van der Waals surface area (Å²) in [5.41, 5.74) is 5.51. The van der Waals surface area contributed by atoms with E-state index in [4.69, 9.17) is 17.3 Å². The molecule has 2 aromatic heterocycles. The van der Waals surface area contributed by atoms with E-state index in [0.29, 0.717) is 16.0 Å². The second-order valence-electron chi connectivity index (χ2n) is 2.65. The van der Waals surface area contributed by atoms with Crippen LogP contribution in [0, 0.1) is 0 Å². The Morgan fingerprint density at radius 2 is 2.43 bits per heavy atom. The first-order valence-corrected chi connectivity index (χ1v) is 5.19. The van der Waals surface area contributed by atoms with Gasteiger partial charge in [0.15, 0.2) is 5.82 Å². The van der Waals surface area contributed by atoms with Gasteiger partial charge in [0.1, 0.15) is 10.8 Å². The number of aromatic nitrogens is 4. The lowest BCUT2D eigenvalue weighted by molar-refractivity contribution is 0.859. The van der Waals surface area contributed by atoms with E-state index >= 15 is 0 Å². The minimum atomic E-state index is 0.305. The highest BCUT2D eigenvalue weighted by Gasteiger charge is 2.08. The van der Waals surface area contributed by atoms with Crippen LogP contribution in [-0.4, -0.2) is 19.1 Å². The van der Waals surface area contributed by atoms with Crippen molar-refractivity contribution in [2.45, 2.75) is 13.3 Å². The van der Waals surface area contributed by atoms with E-state index in [0.717, 1.165) is 12.2 Å². The Morgan fingerprint density at radius 3 is 2.93 bits per heavy atom. The average Bonchev–Trinajstić information content (AvgIpc) is 2.74. The monoisotopic (exact) mass is 229 g/mol. The number of hydrogen-bond donors (Lipinski definition) is 1. The van der Waals surface area contributed by atoms with Crippen LogP contribution in [0.2, 0.25) is 5.02 Å². The van der Waals surface area contributed by atoms with Gasteiger partial charge >= 0.3 is 0 Å². The Balaban J connectivity index is 2.39. The summed E-state index contributed by atoms with van der Waals surface area (Å²) in [6.07, 6.45) is 2.43. The van der Waals surface area contributed by atoms with E-state index in [1.165, 1.54) is 16.2 Å². The third-order valence-corrected chi connectivity index (χ3v) is 2.70. The quantitative estimate of drug-likeness (QED) is 0.848. The van der Waals surface area contributed by atoms with Crippen molar-refractivity contribution in [2.24, 2.45) is 0 Å². The Morgan fingerprint density at radius 1 is 1.64 bits per heavy atom. The molecule has 2 rings (SSSR count). The predicted octanol–water partition coefficient (Wildman–Crippen LogP) is 1.52. The van der Waals surface area contributed by atoms with Crippen LogP contribution in [0.25, 0.3) is 5.13 Å². The van der Waals surface area contributed by atoms with E-state index in [1.54, 1.807) is 6.20 Å². The molecule has 2 heterocycles. The fourth-order valence-electron chi connectivity index (χ4n) is 0.946. The number of nitrogens with zero attached hydrogens (tertiary/aromatic N) is 4. The fraction of sp³-hybridized carbons (Fsp3) is 0.286. The number of halogens is 1. The summed E-state index contributed by atoms with van der Waals surface area (Å²) in [4.78, 5) is 4.25. The van der Waals surface area contributed by atoms with E-state index in [1.807, 2.05) is 6.92 Å². The first-order chi connectivity index (χ1) is 6.70. The van der Waals surface area contributed by atoms with Crippen molar-refractivity contribution >= 4 is 29.0 Å². The standard InChI is InChI=1S/C7H8ClN5S/c1-2-5-10-7(14-12-5)13-3-4(8)6(9)11-13/h3H,2H2,1H3,(H2,9,11). The molecule has 0 atom stereocenters. The lowest BCUT2D eigenvalue weighted by Crippen LogP contribution is -1.95. The third kappa shape index (κ3) is 1.58. The third-order valence-electron chi connectivity index (χ3n) is 1.67. The van der Waals surface area contributed by atoms with Crippen LogP contribution < -0.4 is 5.73 Å². The molecule has 0 radical (unpaired) electrons. The van der Waals surface area contributed by atoms with Gasteiger partial charge in [0.25, 0.3) is 0 Å². The topological polar surface area (TPSA) is 69.6 Å². The summed E-state index contributed by atoms with van der Waals surface area (Å²) < 4.78 is 5.67. The van der Waals surface area contributed by atoms with Crippen LogP contribution in [-0.2, 0) is 6.42 Å². The highest BCUT2D eigenvalue weighted by Crippen LogP contribution is 2.19. The molecule has 0 spiro atoms. The van der Waals surface area contributed by atoms with Crippen LogP contribution >= 0.6 is 23.1 Å². The predicted molar refractivity (Wildman–Crippen MR) is 55.8 cm³/mol. The van der Waals surface area contributed by atoms with Gasteiger partial charge in [0, 0.05) is 18.0 Å². The van der Waals surface area contributed by atoms with E-state index in [2.05, 4.69) is 14.5 Å². The van der Waals surface area contributed by atoms with Gasteiger partial charge in [-0.1, -0.05) is 18.5 Å². The smallest absolute Gasteiger partial charge is 0.230 e. The molecule has 0 amide bonds. The SMILES string of the molecule is CCc1nsc(-n2cc(Cl)c(N)n2)n1. The van der Waals surface area contributed by atoms with Crippen molar-refractivity contribution in [1.82, 2.24) is 19.1 Å². The maximum atomic E-state index is 5.77. The summed E-state index contributed by atoms with van der Waals surface area (Å²) in [5, 5.41) is 5.11. The fourth-order valence-corrected chi connectivity index (χ4v) is 1.76. The van der Waals surface area contributed by atoms with Gasteiger partial charge in [-0.05, 0) is 0 Å². The minimum absolute atomic E-state index is 0.305. The van der Waals surface area contributed by atoms with E-state index < -0.39 is 0 Å². The van der Waals surface area contributed by atoms with Crippen molar-refractivity contribution < 1.29 is 0 Å². The summed E-state index contributed by atoms with van der Waals surface area (Å²) in [6, 6.07) is 0. The minimum Gasteiger partial charge on any atom is -0.381 e. The number of anilines is 1. The van der Waals surface area contributed by atoms with Crippen LogP contribution in [0.4, 0.5) is 5.82 Å². The highest BCUT2D eigenvalue weighted by molar-refractivity contribution is 7.08. The number of rotatable bonds is 2. The summed E-state index contributed by atoms with van der Waals surface area (Å²) >= 11 is 7.04. The van der Waals surface area contributed by atoms with Crippen LogP contribution in [0.3, 0.4) is 0 Å². The molecule has 14 heavy (non-hydrogen) atoms. The molecule has 74 valence electrons. The molecule has 0 saturated carbocycles. The van der Waals surface area contributed by atoms with Crippen molar-refractivity contribution in [3.63, 3.8) is 0 Å². The molecule has 2 N–H and O–H groups in total. The molecular weight excluding hydrogens is 222 g/mol. The van der Waals surface area contributed by atoms with E-state index in [9.17, 15) is 0 Å². The lowest BCUT2D eigenvalue weighted by atomic mass is 10.5. The molecule has 0 aromatic carbocycles. The van der Waals surface area contributed by atoms with Crippen molar-refractivity contribution in [1.29, 1.82) is 0 Å². The van der Waals surface area contributed by atoms with Crippen LogP contribution in [0.15, 0.2) is 6.20 Å². The molecule has 0 fully saturated rings. The van der Waals surface area contributed by atoms with Gasteiger partial charge in [-0.2, -0.15) is 4.37 Å². The summed E-state index contributed by atoms with van der Waals surface area (Å²) in [5.74, 6) is 1.11. The zero-order chi connectivity index (χ0) is 10.1. The maximum absolute atomic E-state index is 5.77. The molecule has 0 aliphatic rings. The van der Waals surface area contributed by atoms with Crippen molar-refractivity contribution in [3.8, 4) is 5.13 Å². The Kier molecular flexibility index (Phi) is 2.39. The summed E-state index contributed by atoms with van der Waals surface area (Å²) in [7, 11) is 0. The molecule has 7 heteroatoms. The largest absolute Gasteiger partial charge is 0.381 e. The Labute approximate surface area is 89.7 Å². The van der Waals surface area contributed by atoms with Gasteiger partial charge in [-0.15, -0.1) is 5.10 Å². The van der Waals surface area contributed by atoms with Gasteiger partial charge in [-0.25, -0.2) is 9.67 Å². The van der Waals surface area contributed by atoms with Gasteiger partial charge in [0.05, 0.1) is 6.20 Å². The first kappa shape index (κ1) is 9.42. The number of nitrogen functional groups attached to an aromatic ring is 1. The molecule has 0 saturated heterocycles. The second-order valence-corrected chi connectivity index (χ2v) is 3.79. The Hall–Kier alpha value is -1.14. The van der Waals surface area contributed by atoms with Crippen LogP contribution in [0.1, 0.15) is 12.7 Å².